The van der Waals surface area contributed by atoms with Crippen LogP contribution in [-0.2, 0) is 71.0 Å². The van der Waals surface area contributed by atoms with Crippen molar-refractivity contribution < 1.29 is 34.5 Å². The summed E-state index contributed by atoms with van der Waals surface area (Å²) in [6, 6.07) is 0. The van der Waals surface area contributed by atoms with E-state index in [9.17, 15) is 19.2 Å². The molecule has 0 saturated heterocycles. The fourth-order valence-electron chi connectivity index (χ4n) is 10.7. The molecule has 4 aromatic rings. The number of aryl methyl sites for hydroxylation is 8. The predicted molar refractivity (Wildman–Crippen MR) is 423 cm³/mol. The van der Waals surface area contributed by atoms with Gasteiger partial charge in [0.1, 0.15) is 5.78 Å². The molecular formula is C77H138N12O7S4. The van der Waals surface area contributed by atoms with Gasteiger partial charge in [0.25, 0.3) is 0 Å². The third-order valence-corrected chi connectivity index (χ3v) is 20.6. The number of allylic oxidation sites excluding steroid dienone is 4. The minimum atomic E-state index is -0.693. The van der Waals surface area contributed by atoms with Gasteiger partial charge in [-0.1, -0.05) is 176 Å². The Kier molecular flexibility index (Phi) is 66.9. The molecule has 572 valence electrons. The highest BCUT2D eigenvalue weighted by Crippen LogP contribution is 2.17. The molecule has 0 amide bonds. The van der Waals surface area contributed by atoms with Gasteiger partial charge in [0.05, 0.1) is 42.0 Å². The SMILES string of the molecule is CCCn1cc(CCCCCCC/C=C\CCCCSCCC(=O)O)nn1.CCCn1cc(CCCCCCC/C=C\CCCCSCCC(=O)O)nn1.CCCn1cc(CCCCCCCCCSCCC(=O)O)nn1.CCCn1cc(CCCCCCCCCSCCC(C)=O)nn1. The van der Waals surface area contributed by atoms with Gasteiger partial charge in [0.2, 0.25) is 0 Å². The number of aromatic nitrogens is 12. The van der Waals surface area contributed by atoms with E-state index >= 15 is 0 Å². The molecule has 0 unspecified atom stereocenters. The van der Waals surface area contributed by atoms with Crippen molar-refractivity contribution in [1.82, 2.24) is 60.0 Å². The van der Waals surface area contributed by atoms with E-state index in [1.54, 1.807) is 42.2 Å². The van der Waals surface area contributed by atoms with Crippen molar-refractivity contribution in [2.45, 2.75) is 343 Å². The largest absolute Gasteiger partial charge is 0.481 e. The van der Waals surface area contributed by atoms with Crippen molar-refractivity contribution >= 4 is 70.7 Å². The first-order valence-electron chi connectivity index (χ1n) is 39.2. The molecule has 0 saturated carbocycles. The van der Waals surface area contributed by atoms with E-state index in [4.69, 9.17) is 15.3 Å². The molecule has 0 bridgehead atoms. The maximum Gasteiger partial charge on any atom is 0.304 e. The van der Waals surface area contributed by atoms with Crippen molar-refractivity contribution in [2.24, 2.45) is 0 Å². The number of hydrogen-bond donors (Lipinski definition) is 3. The molecule has 4 aromatic heterocycles. The lowest BCUT2D eigenvalue weighted by Gasteiger charge is -2.02. The zero-order chi connectivity index (χ0) is 72.7. The number of carbonyl (C=O) groups is 4. The van der Waals surface area contributed by atoms with Crippen LogP contribution in [0.1, 0.15) is 314 Å². The van der Waals surface area contributed by atoms with Crippen LogP contribution in [0.4, 0.5) is 0 Å². The molecule has 0 spiro atoms. The van der Waals surface area contributed by atoms with Crippen LogP contribution in [0.3, 0.4) is 0 Å². The predicted octanol–water partition coefficient (Wildman–Crippen LogP) is 19.9. The lowest BCUT2D eigenvalue weighted by Crippen LogP contribution is -1.96. The fraction of sp³-hybridized carbons (Fsp3) is 0.792. The first kappa shape index (κ1) is 93.5. The van der Waals surface area contributed by atoms with Gasteiger partial charge in [-0.05, 0) is 184 Å². The van der Waals surface area contributed by atoms with E-state index in [1.165, 1.54) is 198 Å². The highest BCUT2D eigenvalue weighted by atomic mass is 32.2. The second-order valence-electron chi connectivity index (χ2n) is 26.2. The van der Waals surface area contributed by atoms with Crippen LogP contribution in [0.5, 0.6) is 0 Å². The summed E-state index contributed by atoms with van der Waals surface area (Å²) in [7, 11) is 0. The average molecular weight is 1470 g/mol. The summed E-state index contributed by atoms with van der Waals surface area (Å²) in [4.78, 5) is 41.9. The molecule has 0 aliphatic rings. The smallest absolute Gasteiger partial charge is 0.304 e. The standard InChI is InChI=1S/2C21H37N3O2S.C18H33N3OS.C17H31N3O2S/c2*1-2-16-24-19-20(22-23-24)14-12-10-8-6-4-3-5-7-9-11-13-17-27-18-15-21(25)26;1-3-13-21-16-18(19-20-21)11-9-7-5-4-6-8-10-14-23-15-12-17(2)22;1-2-12-20-15-16(18-19-20)10-8-6-4-3-5-7-9-13-23-14-11-17(21)22/h2*5,7,19H,2-4,6,8-18H2,1H3,(H,25,26);16H,3-15H2,1-2H3;15H,2-14H2,1H3,(H,21,22)/b2*7-5-;;. The van der Waals surface area contributed by atoms with Gasteiger partial charge < -0.3 is 15.3 Å². The second-order valence-corrected chi connectivity index (χ2v) is 31.1. The maximum absolute atomic E-state index is 10.8. The molecule has 0 aliphatic heterocycles. The number of nitrogens with zero attached hydrogens (tertiary/aromatic N) is 12. The van der Waals surface area contributed by atoms with Crippen LogP contribution < -0.4 is 0 Å². The summed E-state index contributed by atoms with van der Waals surface area (Å²) in [5.41, 5.74) is 4.52. The number of carboxylic acid groups (broad SMARTS) is 3. The van der Waals surface area contributed by atoms with Gasteiger partial charge in [-0.15, -0.1) is 20.4 Å². The molecule has 23 heteroatoms. The van der Waals surface area contributed by atoms with E-state index in [0.29, 0.717) is 5.78 Å². The zero-order valence-electron chi connectivity index (χ0n) is 63.2. The number of unbranched alkanes of at least 4 members (excludes halogenated alkanes) is 26. The Balaban J connectivity index is 0.000000669. The second kappa shape index (κ2) is 71.5. The molecule has 0 fully saturated rings. The van der Waals surface area contributed by atoms with Crippen molar-refractivity contribution in [3.05, 3.63) is 71.9 Å². The number of hydrogen-bond acceptors (Lipinski definition) is 16. The van der Waals surface area contributed by atoms with Gasteiger partial charge in [-0.3, -0.25) is 37.9 Å². The first-order chi connectivity index (χ1) is 48.9. The summed E-state index contributed by atoms with van der Waals surface area (Å²) >= 11 is 7.18. The topological polar surface area (TPSA) is 252 Å². The monoisotopic (exact) mass is 1470 g/mol. The number of Topliss-reactive ketones (excluding diaryl/α,β-unsaturated/α-hetero) is 1. The highest BCUT2D eigenvalue weighted by molar-refractivity contribution is 7.99. The number of carbonyl (C=O) groups excluding carboxylic acids is 1. The Hall–Kier alpha value is -4.48. The van der Waals surface area contributed by atoms with Crippen molar-refractivity contribution in [2.75, 3.05) is 46.0 Å². The summed E-state index contributed by atoms with van der Waals surface area (Å²) in [5.74, 6) is 5.93. The Labute approximate surface area is 622 Å². The van der Waals surface area contributed by atoms with Crippen LogP contribution in [-0.4, -0.2) is 145 Å². The quantitative estimate of drug-likeness (QED) is 0.0274. The van der Waals surface area contributed by atoms with E-state index in [2.05, 4.69) is 118 Å². The van der Waals surface area contributed by atoms with Crippen molar-refractivity contribution in [3.63, 3.8) is 0 Å². The molecular weight excluding hydrogens is 1330 g/mol. The minimum Gasteiger partial charge on any atom is -0.481 e. The van der Waals surface area contributed by atoms with Gasteiger partial charge in [-0.2, -0.15) is 47.0 Å². The Morgan fingerprint density at radius 1 is 0.310 bits per heavy atom. The molecule has 4 rings (SSSR count). The third-order valence-electron chi connectivity index (χ3n) is 16.3. The normalized spacial score (nSPS) is 11.2. The number of ketones is 1. The lowest BCUT2D eigenvalue weighted by atomic mass is 10.1. The molecule has 0 radical (unpaired) electrons. The van der Waals surface area contributed by atoms with Gasteiger partial charge in [-0.25, -0.2) is 0 Å². The molecule has 19 nitrogen and oxygen atoms in total. The fourth-order valence-corrected chi connectivity index (χ4v) is 14.5. The van der Waals surface area contributed by atoms with Crippen molar-refractivity contribution in [1.29, 1.82) is 0 Å². The summed E-state index contributed by atoms with van der Waals surface area (Å²) < 4.78 is 7.77. The maximum atomic E-state index is 10.8. The van der Waals surface area contributed by atoms with Crippen LogP contribution in [0.25, 0.3) is 0 Å². The average Bonchev–Trinajstić information content (AvgIpc) is 1.91. The minimum absolute atomic E-state index is 0.283. The van der Waals surface area contributed by atoms with E-state index in [-0.39, 0.29) is 19.3 Å². The Morgan fingerprint density at radius 3 is 0.760 bits per heavy atom. The number of rotatable bonds is 66. The van der Waals surface area contributed by atoms with Crippen LogP contribution in [0, 0.1) is 0 Å². The van der Waals surface area contributed by atoms with Crippen molar-refractivity contribution in [3.8, 4) is 0 Å². The number of thioether (sulfide) groups is 4. The van der Waals surface area contributed by atoms with E-state index in [1.807, 2.05) is 30.5 Å². The lowest BCUT2D eigenvalue weighted by molar-refractivity contribution is -0.137. The summed E-state index contributed by atoms with van der Waals surface area (Å²) in [6.07, 6.45) is 68.1. The van der Waals surface area contributed by atoms with Gasteiger partial charge >= 0.3 is 17.9 Å². The molecule has 4 heterocycles. The van der Waals surface area contributed by atoms with Crippen LogP contribution in [0.15, 0.2) is 49.1 Å². The molecule has 3 N–H and O–H groups in total. The van der Waals surface area contributed by atoms with Crippen LogP contribution in [0.2, 0.25) is 0 Å². The third kappa shape index (κ3) is 64.4. The summed E-state index contributed by atoms with van der Waals surface area (Å²) in [6.45, 7) is 14.2. The van der Waals surface area contributed by atoms with Crippen LogP contribution >= 0.6 is 47.0 Å². The van der Waals surface area contributed by atoms with Gasteiger partial charge in [0.15, 0.2) is 0 Å². The van der Waals surface area contributed by atoms with E-state index < -0.39 is 17.9 Å². The molecule has 0 aromatic carbocycles. The molecule has 0 atom stereocenters. The number of carboxylic acids is 3. The zero-order valence-corrected chi connectivity index (χ0v) is 66.5. The number of aliphatic carboxylic acids is 3. The molecule has 0 aliphatic carbocycles. The Bertz CT molecular complexity index is 2390. The highest BCUT2D eigenvalue weighted by Gasteiger charge is 2.06. The van der Waals surface area contributed by atoms with E-state index in [0.717, 1.165) is 160 Å². The van der Waals surface area contributed by atoms with Gasteiger partial charge in [0, 0.05) is 80.4 Å². The molecule has 100 heavy (non-hydrogen) atoms. The Morgan fingerprint density at radius 2 is 0.520 bits per heavy atom. The summed E-state index contributed by atoms with van der Waals surface area (Å²) in [5, 5.41) is 59.0. The first-order valence-corrected chi connectivity index (χ1v) is 43.8.